The van der Waals surface area contributed by atoms with Crippen LogP contribution in [0.25, 0.3) is 0 Å². The summed E-state index contributed by atoms with van der Waals surface area (Å²) in [6, 6.07) is 7.16. The fourth-order valence-corrected chi connectivity index (χ4v) is 3.05. The highest BCUT2D eigenvalue weighted by Crippen LogP contribution is 2.22. The van der Waals surface area contributed by atoms with Gasteiger partial charge in [-0.15, -0.1) is 0 Å². The predicted octanol–water partition coefficient (Wildman–Crippen LogP) is 1.79. The fourth-order valence-electron chi connectivity index (χ4n) is 1.29. The Labute approximate surface area is 111 Å². The zero-order valence-corrected chi connectivity index (χ0v) is 11.1. The van der Waals surface area contributed by atoms with E-state index in [2.05, 4.69) is 4.72 Å². The number of halogens is 1. The lowest BCUT2D eigenvalue weighted by molar-refractivity contribution is 0.563. The first-order valence-corrected chi connectivity index (χ1v) is 6.85. The minimum Gasteiger partial charge on any atom is -0.207 e. The van der Waals surface area contributed by atoms with E-state index in [4.69, 9.17) is 22.1 Å². The predicted molar refractivity (Wildman–Crippen MR) is 66.2 cm³/mol. The molecule has 1 aromatic rings. The molecule has 0 aliphatic carbocycles. The Hall–Kier alpha value is -1.60. The van der Waals surface area contributed by atoms with Gasteiger partial charge in [0, 0.05) is 6.04 Å². The van der Waals surface area contributed by atoms with Gasteiger partial charge in [-0.1, -0.05) is 11.6 Å². The fraction of sp³-hybridized carbons (Fsp3) is 0.273. The summed E-state index contributed by atoms with van der Waals surface area (Å²) in [6.45, 7) is 1.57. The molecule has 0 saturated heterocycles. The van der Waals surface area contributed by atoms with E-state index >= 15 is 0 Å². The van der Waals surface area contributed by atoms with Crippen LogP contribution in [0.3, 0.4) is 0 Å². The lowest BCUT2D eigenvalue weighted by Crippen LogP contribution is -2.32. The molecule has 0 bridgehead atoms. The van der Waals surface area contributed by atoms with Gasteiger partial charge in [-0.05, 0) is 25.1 Å². The topological polar surface area (TPSA) is 93.8 Å². The van der Waals surface area contributed by atoms with Gasteiger partial charge in [0.1, 0.15) is 4.90 Å². The van der Waals surface area contributed by atoms with Crippen LogP contribution < -0.4 is 4.72 Å². The van der Waals surface area contributed by atoms with Crippen molar-refractivity contribution in [2.45, 2.75) is 24.3 Å². The third kappa shape index (κ3) is 3.44. The summed E-state index contributed by atoms with van der Waals surface area (Å²) < 4.78 is 26.3. The molecule has 1 unspecified atom stereocenters. The first-order chi connectivity index (χ1) is 8.40. The summed E-state index contributed by atoms with van der Waals surface area (Å²) in [5, 5.41) is 17.3. The minimum absolute atomic E-state index is 0.0330. The van der Waals surface area contributed by atoms with Crippen LogP contribution in [0.2, 0.25) is 5.02 Å². The highest BCUT2D eigenvalue weighted by Gasteiger charge is 2.20. The zero-order chi connectivity index (χ0) is 13.8. The number of rotatable bonds is 4. The molecule has 0 heterocycles. The minimum atomic E-state index is -3.83. The first kappa shape index (κ1) is 14.5. The maximum absolute atomic E-state index is 12.0. The van der Waals surface area contributed by atoms with E-state index in [1.165, 1.54) is 18.2 Å². The van der Waals surface area contributed by atoms with Crippen LogP contribution in [-0.2, 0) is 10.0 Å². The smallest absolute Gasteiger partial charge is 0.207 e. The standard InChI is InChI=1S/C11H10ClN3O2S/c1-8(4-5-13)15-18(16,17)11-6-9(7-14)2-3-10(11)12/h2-3,6,8,15H,4H2,1H3. The Balaban J connectivity index is 3.14. The number of nitrogens with one attached hydrogen (secondary N) is 1. The Bertz CT molecular complexity index is 629. The molecule has 0 radical (unpaired) electrons. The van der Waals surface area contributed by atoms with Gasteiger partial charge < -0.3 is 0 Å². The average molecular weight is 284 g/mol. The van der Waals surface area contributed by atoms with E-state index in [1.807, 2.05) is 12.1 Å². The molecule has 7 heteroatoms. The summed E-state index contributed by atoms with van der Waals surface area (Å²) in [7, 11) is -3.83. The van der Waals surface area contributed by atoms with Gasteiger partial charge in [-0.2, -0.15) is 10.5 Å². The second-order valence-corrected chi connectivity index (χ2v) is 5.73. The molecule has 5 nitrogen and oxygen atoms in total. The second-order valence-electron chi connectivity index (χ2n) is 3.64. The first-order valence-electron chi connectivity index (χ1n) is 4.99. The van der Waals surface area contributed by atoms with Gasteiger partial charge in [0.2, 0.25) is 10.0 Å². The van der Waals surface area contributed by atoms with Crippen molar-refractivity contribution >= 4 is 21.6 Å². The zero-order valence-electron chi connectivity index (χ0n) is 9.51. The largest absolute Gasteiger partial charge is 0.242 e. The Morgan fingerprint density at radius 2 is 2.11 bits per heavy atom. The van der Waals surface area contributed by atoms with Crippen molar-refractivity contribution < 1.29 is 8.42 Å². The van der Waals surface area contributed by atoms with Crippen molar-refractivity contribution in [3.8, 4) is 12.1 Å². The van der Waals surface area contributed by atoms with Crippen molar-refractivity contribution in [1.82, 2.24) is 4.72 Å². The number of hydrogen-bond donors (Lipinski definition) is 1. The SMILES string of the molecule is CC(CC#N)NS(=O)(=O)c1cc(C#N)ccc1Cl. The van der Waals surface area contributed by atoms with Crippen LogP contribution in [0.4, 0.5) is 0 Å². The highest BCUT2D eigenvalue weighted by atomic mass is 35.5. The molecule has 0 fully saturated rings. The maximum atomic E-state index is 12.0. The highest BCUT2D eigenvalue weighted by molar-refractivity contribution is 7.89. The molecule has 1 rings (SSSR count). The Morgan fingerprint density at radius 3 is 2.67 bits per heavy atom. The molecule has 0 saturated carbocycles. The monoisotopic (exact) mass is 283 g/mol. The van der Waals surface area contributed by atoms with Gasteiger partial charge >= 0.3 is 0 Å². The number of hydrogen-bond acceptors (Lipinski definition) is 4. The van der Waals surface area contributed by atoms with Crippen LogP contribution in [0, 0.1) is 22.7 Å². The van der Waals surface area contributed by atoms with Gasteiger partial charge in [-0.3, -0.25) is 0 Å². The summed E-state index contributed by atoms with van der Waals surface area (Å²) in [4.78, 5) is -0.159. The van der Waals surface area contributed by atoms with Crippen LogP contribution in [0.1, 0.15) is 18.9 Å². The van der Waals surface area contributed by atoms with E-state index in [0.29, 0.717) is 0 Å². The van der Waals surface area contributed by atoms with E-state index in [9.17, 15) is 8.42 Å². The quantitative estimate of drug-likeness (QED) is 0.911. The van der Waals surface area contributed by atoms with Crippen LogP contribution in [0.15, 0.2) is 23.1 Å². The molecule has 1 atom stereocenters. The number of benzene rings is 1. The van der Waals surface area contributed by atoms with E-state index in [1.54, 1.807) is 6.92 Å². The number of nitrogens with zero attached hydrogens (tertiary/aromatic N) is 2. The molecule has 0 spiro atoms. The van der Waals surface area contributed by atoms with Crippen molar-refractivity contribution in [3.63, 3.8) is 0 Å². The van der Waals surface area contributed by atoms with Gasteiger partial charge in [0.05, 0.1) is 29.1 Å². The van der Waals surface area contributed by atoms with Gasteiger partial charge in [-0.25, -0.2) is 13.1 Å². The normalized spacial score (nSPS) is 12.4. The van der Waals surface area contributed by atoms with Crippen molar-refractivity contribution in [2.24, 2.45) is 0 Å². The maximum Gasteiger partial charge on any atom is 0.242 e. The second kappa shape index (κ2) is 5.83. The van der Waals surface area contributed by atoms with Crippen molar-refractivity contribution in [1.29, 1.82) is 10.5 Å². The molecule has 18 heavy (non-hydrogen) atoms. The lowest BCUT2D eigenvalue weighted by atomic mass is 10.2. The molecule has 94 valence electrons. The summed E-state index contributed by atoms with van der Waals surface area (Å²) in [6.07, 6.45) is 0.0504. The van der Waals surface area contributed by atoms with E-state index in [-0.39, 0.29) is 21.9 Å². The van der Waals surface area contributed by atoms with E-state index < -0.39 is 16.1 Å². The Morgan fingerprint density at radius 1 is 1.44 bits per heavy atom. The molecule has 0 aliphatic rings. The van der Waals surface area contributed by atoms with Crippen molar-refractivity contribution in [3.05, 3.63) is 28.8 Å². The summed E-state index contributed by atoms with van der Waals surface area (Å²) in [5.41, 5.74) is 0.202. The molecular weight excluding hydrogens is 274 g/mol. The summed E-state index contributed by atoms with van der Waals surface area (Å²) in [5.74, 6) is 0. The third-order valence-electron chi connectivity index (χ3n) is 2.10. The Kier molecular flexibility index (Phi) is 4.69. The molecule has 0 aromatic heterocycles. The van der Waals surface area contributed by atoms with Crippen LogP contribution in [-0.4, -0.2) is 14.5 Å². The number of sulfonamides is 1. The van der Waals surface area contributed by atoms with Gasteiger partial charge in [0.25, 0.3) is 0 Å². The molecular formula is C11H10ClN3O2S. The molecule has 1 N–H and O–H groups in total. The number of nitriles is 2. The van der Waals surface area contributed by atoms with Gasteiger partial charge in [0.15, 0.2) is 0 Å². The van der Waals surface area contributed by atoms with Crippen molar-refractivity contribution in [2.75, 3.05) is 0 Å². The summed E-state index contributed by atoms with van der Waals surface area (Å²) >= 11 is 5.80. The van der Waals surface area contributed by atoms with Crippen LogP contribution in [0.5, 0.6) is 0 Å². The molecule has 0 amide bonds. The molecule has 1 aromatic carbocycles. The molecule has 0 aliphatic heterocycles. The third-order valence-corrected chi connectivity index (χ3v) is 4.17. The lowest BCUT2D eigenvalue weighted by Gasteiger charge is -2.12. The van der Waals surface area contributed by atoms with Crippen LogP contribution >= 0.6 is 11.6 Å². The van der Waals surface area contributed by atoms with E-state index in [0.717, 1.165) is 0 Å². The average Bonchev–Trinajstić information content (AvgIpc) is 2.29.